The summed E-state index contributed by atoms with van der Waals surface area (Å²) in [5.41, 5.74) is 0.281. The third kappa shape index (κ3) is 4.33. The summed E-state index contributed by atoms with van der Waals surface area (Å²) >= 11 is 2.00. The molecular formula is C18H31NS. The molecule has 1 N–H and O–H groups in total. The van der Waals surface area contributed by atoms with Gasteiger partial charge in [-0.15, -0.1) is 11.3 Å². The molecule has 1 saturated carbocycles. The van der Waals surface area contributed by atoms with Crippen molar-refractivity contribution in [1.29, 1.82) is 0 Å². The SMILES string of the molecule is CNC(CC1CCCCCC1)c1ccc(C(C)(C)C)s1. The van der Waals surface area contributed by atoms with E-state index in [1.54, 1.807) is 0 Å². The Balaban J connectivity index is 2.02. The summed E-state index contributed by atoms with van der Waals surface area (Å²) in [7, 11) is 2.12. The van der Waals surface area contributed by atoms with E-state index in [0.29, 0.717) is 6.04 Å². The molecule has 0 spiro atoms. The Labute approximate surface area is 129 Å². The van der Waals surface area contributed by atoms with E-state index >= 15 is 0 Å². The van der Waals surface area contributed by atoms with E-state index < -0.39 is 0 Å². The minimum atomic E-state index is 0.281. The highest BCUT2D eigenvalue weighted by molar-refractivity contribution is 7.12. The Morgan fingerprint density at radius 2 is 1.80 bits per heavy atom. The van der Waals surface area contributed by atoms with Crippen LogP contribution in [0.4, 0.5) is 0 Å². The molecule has 1 aromatic rings. The van der Waals surface area contributed by atoms with Crippen LogP contribution in [-0.4, -0.2) is 7.05 Å². The van der Waals surface area contributed by atoms with Gasteiger partial charge in [-0.1, -0.05) is 59.3 Å². The van der Waals surface area contributed by atoms with Crippen LogP contribution in [0.25, 0.3) is 0 Å². The van der Waals surface area contributed by atoms with Crippen LogP contribution >= 0.6 is 11.3 Å². The van der Waals surface area contributed by atoms with Crippen molar-refractivity contribution in [2.75, 3.05) is 7.05 Å². The summed E-state index contributed by atoms with van der Waals surface area (Å²) in [6, 6.07) is 5.24. The van der Waals surface area contributed by atoms with E-state index in [4.69, 9.17) is 0 Å². The van der Waals surface area contributed by atoms with Crippen LogP contribution in [0.5, 0.6) is 0 Å². The van der Waals surface area contributed by atoms with E-state index in [1.807, 2.05) is 11.3 Å². The Bertz CT molecular complexity index is 394. The standard InChI is InChI=1S/C18H31NS/c1-18(2,3)17-12-11-16(20-17)15(19-4)13-14-9-7-5-6-8-10-14/h11-12,14-15,19H,5-10,13H2,1-4H3. The first-order valence-electron chi connectivity index (χ1n) is 8.28. The maximum atomic E-state index is 3.56. The quantitative estimate of drug-likeness (QED) is 0.706. The number of nitrogens with one attached hydrogen (secondary N) is 1. The first-order valence-corrected chi connectivity index (χ1v) is 9.10. The van der Waals surface area contributed by atoms with Crippen molar-refractivity contribution in [2.45, 2.75) is 77.2 Å². The van der Waals surface area contributed by atoms with Crippen molar-refractivity contribution in [3.63, 3.8) is 0 Å². The molecule has 1 atom stereocenters. The Morgan fingerprint density at radius 3 is 2.30 bits per heavy atom. The number of rotatable bonds is 4. The van der Waals surface area contributed by atoms with Crippen LogP contribution in [0, 0.1) is 5.92 Å². The van der Waals surface area contributed by atoms with Crippen LogP contribution in [0.1, 0.15) is 81.5 Å². The zero-order valence-electron chi connectivity index (χ0n) is 13.7. The van der Waals surface area contributed by atoms with Crippen molar-refractivity contribution >= 4 is 11.3 Å². The van der Waals surface area contributed by atoms with E-state index in [-0.39, 0.29) is 5.41 Å². The molecule has 1 heterocycles. The highest BCUT2D eigenvalue weighted by Crippen LogP contribution is 2.36. The number of thiophene rings is 1. The van der Waals surface area contributed by atoms with Gasteiger partial charge in [0, 0.05) is 15.8 Å². The first-order chi connectivity index (χ1) is 9.50. The van der Waals surface area contributed by atoms with Gasteiger partial charge in [0.05, 0.1) is 0 Å². The van der Waals surface area contributed by atoms with E-state index in [1.165, 1.54) is 54.7 Å². The minimum Gasteiger partial charge on any atom is -0.312 e. The monoisotopic (exact) mass is 293 g/mol. The van der Waals surface area contributed by atoms with Gasteiger partial charge in [-0.2, -0.15) is 0 Å². The van der Waals surface area contributed by atoms with Gasteiger partial charge >= 0.3 is 0 Å². The molecule has 2 rings (SSSR count). The smallest absolute Gasteiger partial charge is 0.0415 e. The van der Waals surface area contributed by atoms with Gasteiger partial charge < -0.3 is 5.32 Å². The molecule has 1 aliphatic rings. The molecule has 1 unspecified atom stereocenters. The molecule has 0 amide bonds. The van der Waals surface area contributed by atoms with Crippen LogP contribution in [0.2, 0.25) is 0 Å². The molecule has 1 nitrogen and oxygen atoms in total. The van der Waals surface area contributed by atoms with Gasteiger partial charge in [-0.3, -0.25) is 0 Å². The zero-order chi connectivity index (χ0) is 14.6. The predicted molar refractivity (Wildman–Crippen MR) is 90.6 cm³/mol. The van der Waals surface area contributed by atoms with Gasteiger partial charge in [0.25, 0.3) is 0 Å². The third-order valence-electron chi connectivity index (χ3n) is 4.60. The van der Waals surface area contributed by atoms with Crippen LogP contribution in [-0.2, 0) is 5.41 Å². The van der Waals surface area contributed by atoms with E-state index in [2.05, 4.69) is 45.3 Å². The largest absolute Gasteiger partial charge is 0.312 e. The minimum absolute atomic E-state index is 0.281. The summed E-state index contributed by atoms with van der Waals surface area (Å²) in [5, 5.41) is 3.56. The van der Waals surface area contributed by atoms with E-state index in [0.717, 1.165) is 5.92 Å². The second-order valence-electron chi connectivity index (χ2n) is 7.39. The number of hydrogen-bond acceptors (Lipinski definition) is 2. The Morgan fingerprint density at radius 1 is 1.15 bits per heavy atom. The predicted octanol–water partition coefficient (Wildman–Crippen LogP) is 5.67. The third-order valence-corrected chi connectivity index (χ3v) is 6.23. The molecule has 0 aromatic carbocycles. The van der Waals surface area contributed by atoms with Crippen molar-refractivity contribution in [3.05, 3.63) is 21.9 Å². The molecule has 0 saturated heterocycles. The van der Waals surface area contributed by atoms with Crippen molar-refractivity contribution < 1.29 is 0 Å². The Hall–Kier alpha value is -0.340. The maximum Gasteiger partial charge on any atom is 0.0415 e. The molecule has 1 aliphatic carbocycles. The fourth-order valence-corrected chi connectivity index (χ4v) is 4.44. The lowest BCUT2D eigenvalue weighted by Crippen LogP contribution is -2.19. The van der Waals surface area contributed by atoms with Crippen molar-refractivity contribution in [2.24, 2.45) is 5.92 Å². The van der Waals surface area contributed by atoms with Crippen molar-refractivity contribution in [3.8, 4) is 0 Å². The average Bonchev–Trinajstić information content (AvgIpc) is 2.75. The van der Waals surface area contributed by atoms with Crippen LogP contribution < -0.4 is 5.32 Å². The van der Waals surface area contributed by atoms with Gasteiger partial charge in [0.1, 0.15) is 0 Å². The molecule has 0 aliphatic heterocycles. The summed E-state index contributed by atoms with van der Waals surface area (Å²) in [4.78, 5) is 3.04. The van der Waals surface area contributed by atoms with E-state index in [9.17, 15) is 0 Å². The summed E-state index contributed by atoms with van der Waals surface area (Å²) in [6.45, 7) is 6.92. The first kappa shape index (κ1) is 16.0. The summed E-state index contributed by atoms with van der Waals surface area (Å²) in [6.07, 6.45) is 9.99. The lowest BCUT2D eigenvalue weighted by atomic mass is 9.92. The zero-order valence-corrected chi connectivity index (χ0v) is 14.5. The molecule has 2 heteroatoms. The van der Waals surface area contributed by atoms with Gasteiger partial charge in [-0.05, 0) is 36.9 Å². The highest BCUT2D eigenvalue weighted by Gasteiger charge is 2.22. The van der Waals surface area contributed by atoms with Crippen LogP contribution in [0.15, 0.2) is 12.1 Å². The fourth-order valence-electron chi connectivity index (χ4n) is 3.25. The summed E-state index contributed by atoms with van der Waals surface area (Å²) < 4.78 is 0. The molecule has 1 fully saturated rings. The molecular weight excluding hydrogens is 262 g/mol. The normalized spacial score (nSPS) is 19.8. The Kier molecular flexibility index (Phi) is 5.68. The summed E-state index contributed by atoms with van der Waals surface area (Å²) in [5.74, 6) is 0.926. The maximum absolute atomic E-state index is 3.56. The van der Waals surface area contributed by atoms with Gasteiger partial charge in [0.2, 0.25) is 0 Å². The van der Waals surface area contributed by atoms with Gasteiger partial charge in [0.15, 0.2) is 0 Å². The van der Waals surface area contributed by atoms with Gasteiger partial charge in [-0.25, -0.2) is 0 Å². The lowest BCUT2D eigenvalue weighted by Gasteiger charge is -2.22. The van der Waals surface area contributed by atoms with Crippen LogP contribution in [0.3, 0.4) is 0 Å². The highest BCUT2D eigenvalue weighted by atomic mass is 32.1. The lowest BCUT2D eigenvalue weighted by molar-refractivity contribution is 0.371. The topological polar surface area (TPSA) is 12.0 Å². The molecule has 1 aromatic heterocycles. The molecule has 20 heavy (non-hydrogen) atoms. The second kappa shape index (κ2) is 7.09. The fraction of sp³-hybridized carbons (Fsp3) is 0.778. The average molecular weight is 294 g/mol. The number of hydrogen-bond donors (Lipinski definition) is 1. The second-order valence-corrected chi connectivity index (χ2v) is 8.50. The van der Waals surface area contributed by atoms with Crippen molar-refractivity contribution in [1.82, 2.24) is 5.32 Å². The molecule has 0 radical (unpaired) electrons. The molecule has 0 bridgehead atoms. The molecule has 114 valence electrons.